The molecular weight excluding hydrogens is 667 g/mol. The largest absolute Gasteiger partial charge is 0.573 e. The van der Waals surface area contributed by atoms with E-state index in [-0.39, 0.29) is 18.1 Å². The third-order valence-electron chi connectivity index (χ3n) is 7.61. The number of anilines is 1. The van der Waals surface area contributed by atoms with Crippen LogP contribution in [0, 0.1) is 18.3 Å². The number of hydrogen-bond donors (Lipinski definition) is 0. The Morgan fingerprint density at radius 3 is 2.22 bits per heavy atom. The number of para-hydroxylation sites is 1. The van der Waals surface area contributed by atoms with Crippen molar-refractivity contribution in [2.24, 2.45) is 0 Å². The zero-order valence-electron chi connectivity index (χ0n) is 26.4. The zero-order chi connectivity index (χ0) is 35.3. The van der Waals surface area contributed by atoms with Gasteiger partial charge in [-0.2, -0.15) is 5.26 Å². The maximum Gasteiger partial charge on any atom is 0.573 e. The Balaban J connectivity index is 1.42. The van der Waals surface area contributed by atoms with E-state index in [0.717, 1.165) is 27.6 Å². The third kappa shape index (κ3) is 7.94. The topological polar surface area (TPSA) is 110 Å². The number of ether oxygens (including phenoxy) is 2. The van der Waals surface area contributed by atoms with E-state index in [2.05, 4.69) is 21.0 Å². The molecule has 0 aliphatic rings. The van der Waals surface area contributed by atoms with Crippen LogP contribution in [0.15, 0.2) is 133 Å². The number of rotatable bonds is 11. The lowest BCUT2D eigenvalue weighted by atomic mass is 10.0. The molecule has 13 heteroatoms. The molecule has 6 rings (SSSR count). The normalized spacial score (nSPS) is 11.5. The summed E-state index contributed by atoms with van der Waals surface area (Å²) in [6.45, 7) is 1.67. The van der Waals surface area contributed by atoms with Gasteiger partial charge in [-0.25, -0.2) is 8.42 Å². The number of nitrogens with zero attached hydrogens (tertiary/aromatic N) is 5. The fraction of sp³-hybridized carbons (Fsp3) is 0.108. The van der Waals surface area contributed by atoms with Crippen molar-refractivity contribution in [3.05, 3.63) is 150 Å². The maximum absolute atomic E-state index is 14.5. The molecule has 50 heavy (non-hydrogen) atoms. The number of benzene rings is 5. The van der Waals surface area contributed by atoms with Gasteiger partial charge in [-0.05, 0) is 84.3 Å². The first-order chi connectivity index (χ1) is 24.0. The Hall–Kier alpha value is -6.13. The minimum absolute atomic E-state index is 0.124. The molecule has 0 unspecified atom stereocenters. The first-order valence-corrected chi connectivity index (χ1v) is 16.6. The summed E-state index contributed by atoms with van der Waals surface area (Å²) in [6.07, 6.45) is -3.76. The van der Waals surface area contributed by atoms with E-state index in [1.807, 2.05) is 19.1 Å². The molecule has 0 N–H and O–H groups in total. The summed E-state index contributed by atoms with van der Waals surface area (Å²) in [4.78, 5) is -0.700. The van der Waals surface area contributed by atoms with E-state index in [1.165, 1.54) is 24.5 Å². The van der Waals surface area contributed by atoms with E-state index >= 15 is 0 Å². The van der Waals surface area contributed by atoms with Crippen LogP contribution in [-0.4, -0.2) is 29.5 Å². The van der Waals surface area contributed by atoms with Crippen LogP contribution >= 0.6 is 0 Å². The quantitative estimate of drug-likeness (QED) is 0.134. The SMILES string of the molecule is Cc1cccc(-c2ccc(S(=O)(=O)N(Cc3nncn3Cc3ccc(C#N)cc3)c3ccc(Oc4ccccc4)cc3)c(OC(F)(F)F)c2)c1. The molecule has 5 aromatic carbocycles. The van der Waals surface area contributed by atoms with Crippen molar-refractivity contribution in [2.45, 2.75) is 31.3 Å². The lowest BCUT2D eigenvalue weighted by Gasteiger charge is -2.26. The molecule has 0 atom stereocenters. The predicted octanol–water partition coefficient (Wildman–Crippen LogP) is 8.26. The van der Waals surface area contributed by atoms with Gasteiger partial charge in [-0.15, -0.1) is 23.4 Å². The van der Waals surface area contributed by atoms with Gasteiger partial charge in [0.25, 0.3) is 10.0 Å². The Morgan fingerprint density at radius 1 is 0.840 bits per heavy atom. The molecule has 252 valence electrons. The van der Waals surface area contributed by atoms with Gasteiger partial charge in [0.05, 0.1) is 30.4 Å². The fourth-order valence-electron chi connectivity index (χ4n) is 5.21. The molecule has 0 bridgehead atoms. The highest BCUT2D eigenvalue weighted by molar-refractivity contribution is 7.92. The highest BCUT2D eigenvalue weighted by atomic mass is 32.2. The summed E-state index contributed by atoms with van der Waals surface area (Å²) < 4.78 is 83.2. The molecule has 9 nitrogen and oxygen atoms in total. The summed E-state index contributed by atoms with van der Waals surface area (Å²) >= 11 is 0. The second-order valence-electron chi connectivity index (χ2n) is 11.2. The Kier molecular flexibility index (Phi) is 9.56. The maximum atomic E-state index is 14.5. The average molecular weight is 696 g/mol. The summed E-state index contributed by atoms with van der Waals surface area (Å²) in [5, 5.41) is 17.3. The zero-order valence-corrected chi connectivity index (χ0v) is 27.3. The van der Waals surface area contributed by atoms with Crippen molar-refractivity contribution in [3.63, 3.8) is 0 Å². The molecule has 0 fully saturated rings. The smallest absolute Gasteiger partial charge is 0.457 e. The highest BCUT2D eigenvalue weighted by Crippen LogP contribution is 2.38. The van der Waals surface area contributed by atoms with Crippen molar-refractivity contribution >= 4 is 15.7 Å². The van der Waals surface area contributed by atoms with Gasteiger partial charge in [0, 0.05) is 0 Å². The Morgan fingerprint density at radius 2 is 1.54 bits per heavy atom. The van der Waals surface area contributed by atoms with Crippen molar-refractivity contribution in [1.29, 1.82) is 5.26 Å². The number of sulfonamides is 1. The number of hydrogen-bond acceptors (Lipinski definition) is 7. The Labute approximate surface area is 286 Å². The average Bonchev–Trinajstić information content (AvgIpc) is 3.54. The Bertz CT molecular complexity index is 2250. The number of halogens is 3. The lowest BCUT2D eigenvalue weighted by molar-refractivity contribution is -0.275. The van der Waals surface area contributed by atoms with Crippen LogP contribution in [0.3, 0.4) is 0 Å². The standard InChI is InChI=1S/C37H28F3N5O4S/c1-26-6-5-7-29(20-26)30-14-19-35(34(21-30)49-37(38,39)40)50(46,47)45(31-15-17-33(18-16-31)48-32-8-3-2-4-9-32)24-36-43-42-25-44(36)23-28-12-10-27(22-41)11-13-28/h2-21,25H,23-24H2,1H3. The summed E-state index contributed by atoms with van der Waals surface area (Å²) in [6, 6.07) is 34.6. The van der Waals surface area contributed by atoms with E-state index in [9.17, 15) is 21.6 Å². The highest BCUT2D eigenvalue weighted by Gasteiger charge is 2.37. The van der Waals surface area contributed by atoms with E-state index < -0.39 is 33.6 Å². The van der Waals surface area contributed by atoms with Crippen LogP contribution in [0.25, 0.3) is 11.1 Å². The van der Waals surface area contributed by atoms with Crippen molar-refractivity contribution < 1.29 is 31.1 Å². The predicted molar refractivity (Wildman–Crippen MR) is 180 cm³/mol. The van der Waals surface area contributed by atoms with Crippen LogP contribution in [0.2, 0.25) is 0 Å². The van der Waals surface area contributed by atoms with E-state index in [0.29, 0.717) is 28.2 Å². The molecule has 0 aliphatic heterocycles. The number of aromatic nitrogens is 3. The molecule has 0 aliphatic carbocycles. The summed E-state index contributed by atoms with van der Waals surface area (Å²) in [5.41, 5.74) is 3.17. The molecule has 0 amide bonds. The van der Waals surface area contributed by atoms with Crippen LogP contribution < -0.4 is 13.8 Å². The second kappa shape index (κ2) is 14.2. The molecule has 1 aromatic heterocycles. The van der Waals surface area contributed by atoms with Crippen LogP contribution in [0.4, 0.5) is 18.9 Å². The molecule has 6 aromatic rings. The second-order valence-corrected chi connectivity index (χ2v) is 13.0. The first kappa shape index (κ1) is 33.8. The molecule has 0 spiro atoms. The first-order valence-electron chi connectivity index (χ1n) is 15.2. The molecule has 0 saturated carbocycles. The van der Waals surface area contributed by atoms with Crippen molar-refractivity contribution in [2.75, 3.05) is 4.31 Å². The van der Waals surface area contributed by atoms with Gasteiger partial charge < -0.3 is 14.0 Å². The third-order valence-corrected chi connectivity index (χ3v) is 9.42. The van der Waals surface area contributed by atoms with Gasteiger partial charge >= 0.3 is 6.36 Å². The lowest BCUT2D eigenvalue weighted by Crippen LogP contribution is -2.32. The van der Waals surface area contributed by atoms with E-state index in [4.69, 9.17) is 10.00 Å². The van der Waals surface area contributed by atoms with Gasteiger partial charge in [0.2, 0.25) is 0 Å². The van der Waals surface area contributed by atoms with Gasteiger partial charge in [0.1, 0.15) is 22.7 Å². The number of alkyl halides is 3. The van der Waals surface area contributed by atoms with Crippen LogP contribution in [-0.2, 0) is 23.1 Å². The summed E-state index contributed by atoms with van der Waals surface area (Å²) in [7, 11) is -4.76. The van der Waals surface area contributed by atoms with Crippen LogP contribution in [0.1, 0.15) is 22.5 Å². The van der Waals surface area contributed by atoms with Crippen molar-refractivity contribution in [3.8, 4) is 34.4 Å². The van der Waals surface area contributed by atoms with Crippen LogP contribution in [0.5, 0.6) is 17.2 Å². The number of aryl methyl sites for hydroxylation is 1. The monoisotopic (exact) mass is 695 g/mol. The summed E-state index contributed by atoms with van der Waals surface area (Å²) in [5.74, 6) is 0.287. The fourth-order valence-corrected chi connectivity index (χ4v) is 6.73. The minimum Gasteiger partial charge on any atom is -0.457 e. The van der Waals surface area contributed by atoms with Crippen molar-refractivity contribution in [1.82, 2.24) is 14.8 Å². The van der Waals surface area contributed by atoms with E-state index in [1.54, 1.807) is 83.4 Å². The minimum atomic E-state index is -5.18. The van der Waals surface area contributed by atoms with Gasteiger partial charge in [-0.1, -0.05) is 66.2 Å². The molecular formula is C37H28F3N5O4S. The van der Waals surface area contributed by atoms with Gasteiger partial charge in [0.15, 0.2) is 11.6 Å². The number of nitriles is 1. The molecule has 0 saturated heterocycles. The molecule has 0 radical (unpaired) electrons. The van der Waals surface area contributed by atoms with Gasteiger partial charge in [-0.3, -0.25) is 4.31 Å². The molecule has 1 heterocycles.